The second-order valence-corrected chi connectivity index (χ2v) is 4.94. The van der Waals surface area contributed by atoms with Gasteiger partial charge in [-0.1, -0.05) is 23.8 Å². The van der Waals surface area contributed by atoms with Crippen LogP contribution in [0.4, 0.5) is 0 Å². The molecule has 0 unspecified atom stereocenters. The molecule has 1 aromatic carbocycles. The van der Waals surface area contributed by atoms with Crippen LogP contribution < -0.4 is 0 Å². The molecule has 0 fully saturated rings. The van der Waals surface area contributed by atoms with Crippen LogP contribution in [0.1, 0.15) is 38.4 Å². The molecule has 1 heterocycles. The first-order valence-corrected chi connectivity index (χ1v) is 6.23. The fraction of sp³-hybridized carbons (Fsp3) is 0.333. The number of nitrogens with zero attached hydrogens (tertiary/aromatic N) is 2. The summed E-state index contributed by atoms with van der Waals surface area (Å²) in [5.74, 6) is -0.915. The zero-order valence-corrected chi connectivity index (χ0v) is 11.7. The molecule has 0 aliphatic rings. The topological polar surface area (TPSA) is 55.1 Å². The van der Waals surface area contributed by atoms with Crippen molar-refractivity contribution in [3.8, 4) is 0 Å². The molecule has 0 saturated heterocycles. The van der Waals surface area contributed by atoms with Gasteiger partial charge in [0, 0.05) is 0 Å². The van der Waals surface area contributed by atoms with Crippen molar-refractivity contribution < 1.29 is 9.90 Å². The number of aromatic nitrogens is 2. The molecule has 0 spiro atoms. The normalized spacial score (nSPS) is 10.7. The Morgan fingerprint density at radius 2 is 1.95 bits per heavy atom. The highest BCUT2D eigenvalue weighted by atomic mass is 16.4. The van der Waals surface area contributed by atoms with Gasteiger partial charge in [0.1, 0.15) is 5.56 Å². The van der Waals surface area contributed by atoms with Gasteiger partial charge in [-0.25, -0.2) is 4.79 Å². The lowest BCUT2D eigenvalue weighted by molar-refractivity contribution is 0.0695. The fourth-order valence-electron chi connectivity index (χ4n) is 2.34. The molecular formula is C15H18N2O2. The first-order chi connectivity index (χ1) is 8.90. The molecule has 1 N–H and O–H groups in total. The van der Waals surface area contributed by atoms with E-state index in [4.69, 9.17) is 5.11 Å². The Balaban J connectivity index is 2.39. The third-order valence-corrected chi connectivity index (χ3v) is 3.41. The number of hydrogen-bond donors (Lipinski definition) is 1. The first-order valence-electron chi connectivity index (χ1n) is 6.23. The molecular weight excluding hydrogens is 240 g/mol. The number of aryl methyl sites for hydroxylation is 3. The van der Waals surface area contributed by atoms with Crippen molar-refractivity contribution in [2.75, 3.05) is 0 Å². The molecule has 2 rings (SSSR count). The SMILES string of the molecule is Cc1ccc(Cn2nc(C)c(C(=O)O)c2C)c(C)c1. The van der Waals surface area contributed by atoms with Gasteiger partial charge >= 0.3 is 5.97 Å². The first kappa shape index (κ1) is 13.3. The largest absolute Gasteiger partial charge is 0.478 e. The predicted molar refractivity (Wildman–Crippen MR) is 73.7 cm³/mol. The quantitative estimate of drug-likeness (QED) is 0.921. The number of benzene rings is 1. The van der Waals surface area contributed by atoms with Crippen molar-refractivity contribution in [3.63, 3.8) is 0 Å². The maximum absolute atomic E-state index is 11.2. The summed E-state index contributed by atoms with van der Waals surface area (Å²) in [6.45, 7) is 8.25. The number of carboxylic acids is 1. The van der Waals surface area contributed by atoms with E-state index >= 15 is 0 Å². The van der Waals surface area contributed by atoms with E-state index in [1.165, 1.54) is 11.1 Å². The average molecular weight is 258 g/mol. The highest BCUT2D eigenvalue weighted by Gasteiger charge is 2.17. The Hall–Kier alpha value is -2.10. The lowest BCUT2D eigenvalue weighted by Crippen LogP contribution is -2.07. The predicted octanol–water partition coefficient (Wildman–Crippen LogP) is 2.86. The number of carboxylic acid groups (broad SMARTS) is 1. The van der Waals surface area contributed by atoms with Gasteiger partial charge in [-0.2, -0.15) is 5.10 Å². The minimum absolute atomic E-state index is 0.310. The number of carbonyl (C=O) groups is 1. The van der Waals surface area contributed by atoms with Gasteiger partial charge in [0.25, 0.3) is 0 Å². The molecule has 0 aliphatic heterocycles. The molecule has 4 nitrogen and oxygen atoms in total. The van der Waals surface area contributed by atoms with E-state index in [0.29, 0.717) is 23.5 Å². The van der Waals surface area contributed by atoms with Crippen LogP contribution in [-0.2, 0) is 6.54 Å². The molecule has 0 amide bonds. The Labute approximate surface area is 112 Å². The van der Waals surface area contributed by atoms with Crippen LogP contribution in [0.5, 0.6) is 0 Å². The zero-order valence-electron chi connectivity index (χ0n) is 11.7. The molecule has 4 heteroatoms. The standard InChI is InChI=1S/C15H18N2O2/c1-9-5-6-13(10(2)7-9)8-17-12(4)14(15(18)19)11(3)16-17/h5-7H,8H2,1-4H3,(H,18,19). The highest BCUT2D eigenvalue weighted by molar-refractivity contribution is 5.90. The molecule has 0 saturated carbocycles. The van der Waals surface area contributed by atoms with Crippen molar-refractivity contribution in [1.29, 1.82) is 0 Å². The van der Waals surface area contributed by atoms with Gasteiger partial charge in [0.15, 0.2) is 0 Å². The fourth-order valence-corrected chi connectivity index (χ4v) is 2.34. The van der Waals surface area contributed by atoms with E-state index in [1.54, 1.807) is 18.5 Å². The van der Waals surface area contributed by atoms with Crippen LogP contribution in [0.3, 0.4) is 0 Å². The van der Waals surface area contributed by atoms with E-state index < -0.39 is 5.97 Å². The van der Waals surface area contributed by atoms with Crippen LogP contribution in [0.25, 0.3) is 0 Å². The summed E-state index contributed by atoms with van der Waals surface area (Å²) in [5, 5.41) is 13.5. The lowest BCUT2D eigenvalue weighted by Gasteiger charge is -2.09. The third-order valence-electron chi connectivity index (χ3n) is 3.41. The molecule has 0 bridgehead atoms. The van der Waals surface area contributed by atoms with Gasteiger partial charge in [0.2, 0.25) is 0 Å². The second kappa shape index (κ2) is 4.88. The van der Waals surface area contributed by atoms with Gasteiger partial charge in [-0.3, -0.25) is 4.68 Å². The minimum atomic E-state index is -0.915. The molecule has 2 aromatic rings. The van der Waals surface area contributed by atoms with Gasteiger partial charge in [-0.15, -0.1) is 0 Å². The van der Waals surface area contributed by atoms with E-state index in [9.17, 15) is 4.79 Å². The maximum Gasteiger partial charge on any atom is 0.339 e. The van der Waals surface area contributed by atoms with Crippen LogP contribution >= 0.6 is 0 Å². The lowest BCUT2D eigenvalue weighted by atomic mass is 10.1. The van der Waals surface area contributed by atoms with E-state index in [2.05, 4.69) is 37.1 Å². The second-order valence-electron chi connectivity index (χ2n) is 4.94. The highest BCUT2D eigenvalue weighted by Crippen LogP contribution is 2.17. The summed E-state index contributed by atoms with van der Waals surface area (Å²) < 4.78 is 1.76. The monoisotopic (exact) mass is 258 g/mol. The molecule has 0 aliphatic carbocycles. The van der Waals surface area contributed by atoms with Crippen molar-refractivity contribution >= 4 is 5.97 Å². The molecule has 19 heavy (non-hydrogen) atoms. The van der Waals surface area contributed by atoms with Crippen molar-refractivity contribution in [2.24, 2.45) is 0 Å². The third kappa shape index (κ3) is 2.52. The Bertz CT molecular complexity index is 642. The van der Waals surface area contributed by atoms with E-state index in [1.807, 2.05) is 0 Å². The van der Waals surface area contributed by atoms with Gasteiger partial charge in [0.05, 0.1) is 17.9 Å². The summed E-state index contributed by atoms with van der Waals surface area (Å²) in [7, 11) is 0. The van der Waals surface area contributed by atoms with Crippen molar-refractivity contribution in [1.82, 2.24) is 9.78 Å². The minimum Gasteiger partial charge on any atom is -0.478 e. The summed E-state index contributed by atoms with van der Waals surface area (Å²) in [5.41, 5.74) is 5.16. The Morgan fingerprint density at radius 3 is 2.47 bits per heavy atom. The van der Waals surface area contributed by atoms with E-state index in [0.717, 1.165) is 5.56 Å². The van der Waals surface area contributed by atoms with Crippen LogP contribution in [-0.4, -0.2) is 20.9 Å². The zero-order chi connectivity index (χ0) is 14.2. The van der Waals surface area contributed by atoms with Gasteiger partial charge < -0.3 is 5.11 Å². The average Bonchev–Trinajstić information content (AvgIpc) is 2.58. The number of rotatable bonds is 3. The molecule has 0 radical (unpaired) electrons. The van der Waals surface area contributed by atoms with Crippen molar-refractivity contribution in [2.45, 2.75) is 34.2 Å². The van der Waals surface area contributed by atoms with Crippen LogP contribution in [0, 0.1) is 27.7 Å². The smallest absolute Gasteiger partial charge is 0.339 e. The summed E-state index contributed by atoms with van der Waals surface area (Å²) >= 11 is 0. The van der Waals surface area contributed by atoms with Crippen molar-refractivity contribution in [3.05, 3.63) is 51.8 Å². The molecule has 1 aromatic heterocycles. The number of aromatic carboxylic acids is 1. The van der Waals surface area contributed by atoms with Crippen LogP contribution in [0.15, 0.2) is 18.2 Å². The summed E-state index contributed by atoms with van der Waals surface area (Å²) in [6, 6.07) is 6.26. The molecule has 0 atom stereocenters. The molecule has 100 valence electrons. The van der Waals surface area contributed by atoms with E-state index in [-0.39, 0.29) is 0 Å². The summed E-state index contributed by atoms with van der Waals surface area (Å²) in [6.07, 6.45) is 0. The summed E-state index contributed by atoms with van der Waals surface area (Å²) in [4.78, 5) is 11.2. The number of hydrogen-bond acceptors (Lipinski definition) is 2. The van der Waals surface area contributed by atoms with Gasteiger partial charge in [-0.05, 0) is 38.8 Å². The maximum atomic E-state index is 11.2. The Kier molecular flexibility index (Phi) is 3.42. The van der Waals surface area contributed by atoms with Crippen LogP contribution in [0.2, 0.25) is 0 Å². The Morgan fingerprint density at radius 1 is 1.26 bits per heavy atom.